The second-order valence-corrected chi connectivity index (χ2v) is 4.74. The van der Waals surface area contributed by atoms with Gasteiger partial charge in [-0.3, -0.25) is 4.98 Å². The number of hydrogen-bond donors (Lipinski definition) is 1. The van der Waals surface area contributed by atoms with E-state index >= 15 is 0 Å². The molecule has 0 aliphatic carbocycles. The largest absolute Gasteiger partial charge is 0.383 e. The summed E-state index contributed by atoms with van der Waals surface area (Å²) in [6, 6.07) is 7.62. The standard InChI is InChI=1S/C16H13F2N3/c1-2-11-4-5-12(16(19)21-11)14-13(18)6-3-9-7-10(17)8-20-15(9)14/h3-8H,2H2,1H3,(H2,19,21). The molecular weight excluding hydrogens is 272 g/mol. The zero-order valence-electron chi connectivity index (χ0n) is 11.4. The normalized spacial score (nSPS) is 11.0. The first kappa shape index (κ1) is 13.4. The molecule has 0 saturated heterocycles. The van der Waals surface area contributed by atoms with Crippen molar-refractivity contribution in [2.24, 2.45) is 0 Å². The van der Waals surface area contributed by atoms with E-state index in [-0.39, 0.29) is 11.4 Å². The minimum absolute atomic E-state index is 0.242. The monoisotopic (exact) mass is 285 g/mol. The number of nitrogen functional groups attached to an aromatic ring is 1. The Morgan fingerprint density at radius 3 is 2.67 bits per heavy atom. The minimum atomic E-state index is -0.465. The first-order valence-electron chi connectivity index (χ1n) is 6.59. The highest BCUT2D eigenvalue weighted by Gasteiger charge is 2.15. The van der Waals surface area contributed by atoms with Gasteiger partial charge < -0.3 is 5.73 Å². The molecule has 5 heteroatoms. The fraction of sp³-hybridized carbons (Fsp3) is 0.125. The van der Waals surface area contributed by atoms with Gasteiger partial charge in [0.2, 0.25) is 0 Å². The molecule has 21 heavy (non-hydrogen) atoms. The van der Waals surface area contributed by atoms with Gasteiger partial charge in [0.05, 0.1) is 11.7 Å². The van der Waals surface area contributed by atoms with E-state index in [9.17, 15) is 8.78 Å². The quantitative estimate of drug-likeness (QED) is 0.780. The molecule has 2 heterocycles. The van der Waals surface area contributed by atoms with Crippen LogP contribution in [0.1, 0.15) is 12.6 Å². The molecule has 0 aliphatic heterocycles. The lowest BCUT2D eigenvalue weighted by Crippen LogP contribution is -2.00. The van der Waals surface area contributed by atoms with E-state index in [1.807, 2.05) is 6.92 Å². The molecule has 3 aromatic rings. The topological polar surface area (TPSA) is 51.8 Å². The van der Waals surface area contributed by atoms with Crippen molar-refractivity contribution in [1.82, 2.24) is 9.97 Å². The van der Waals surface area contributed by atoms with Gasteiger partial charge in [0.25, 0.3) is 0 Å². The van der Waals surface area contributed by atoms with Crippen LogP contribution in [0, 0.1) is 11.6 Å². The highest BCUT2D eigenvalue weighted by molar-refractivity contribution is 5.96. The molecule has 0 fully saturated rings. The van der Waals surface area contributed by atoms with Crippen LogP contribution in [0.2, 0.25) is 0 Å². The van der Waals surface area contributed by atoms with E-state index in [0.717, 1.165) is 18.3 Å². The maximum Gasteiger partial charge on any atom is 0.142 e. The lowest BCUT2D eigenvalue weighted by atomic mass is 10.0. The van der Waals surface area contributed by atoms with Gasteiger partial charge in [-0.05, 0) is 36.8 Å². The van der Waals surface area contributed by atoms with Gasteiger partial charge in [-0.1, -0.05) is 6.92 Å². The third kappa shape index (κ3) is 2.31. The summed E-state index contributed by atoms with van der Waals surface area (Å²) in [5.74, 6) is -0.682. The lowest BCUT2D eigenvalue weighted by Gasteiger charge is -2.10. The molecule has 2 aromatic heterocycles. The number of fused-ring (bicyclic) bond motifs is 1. The zero-order valence-corrected chi connectivity index (χ0v) is 11.4. The summed E-state index contributed by atoms with van der Waals surface area (Å²) in [5.41, 5.74) is 7.86. The number of anilines is 1. The van der Waals surface area contributed by atoms with Gasteiger partial charge in [0.15, 0.2) is 0 Å². The maximum absolute atomic E-state index is 14.3. The Balaban J connectivity index is 2.31. The summed E-state index contributed by atoms with van der Waals surface area (Å²) >= 11 is 0. The number of rotatable bonds is 2. The molecule has 0 unspecified atom stereocenters. The van der Waals surface area contributed by atoms with Crippen LogP contribution in [-0.2, 0) is 6.42 Å². The van der Waals surface area contributed by atoms with Crippen molar-refractivity contribution in [1.29, 1.82) is 0 Å². The van der Waals surface area contributed by atoms with Crippen LogP contribution < -0.4 is 5.73 Å². The maximum atomic E-state index is 14.3. The molecule has 106 valence electrons. The smallest absolute Gasteiger partial charge is 0.142 e. The summed E-state index contributed by atoms with van der Waals surface area (Å²) in [6.45, 7) is 1.96. The van der Waals surface area contributed by atoms with Gasteiger partial charge in [-0.15, -0.1) is 0 Å². The van der Waals surface area contributed by atoms with Crippen molar-refractivity contribution >= 4 is 16.7 Å². The molecule has 0 radical (unpaired) electrons. The van der Waals surface area contributed by atoms with E-state index in [2.05, 4.69) is 9.97 Å². The lowest BCUT2D eigenvalue weighted by molar-refractivity contribution is 0.622. The molecule has 0 aliphatic rings. The molecule has 0 saturated carbocycles. The third-order valence-electron chi connectivity index (χ3n) is 3.38. The fourth-order valence-electron chi connectivity index (χ4n) is 2.33. The number of pyridine rings is 2. The van der Waals surface area contributed by atoms with E-state index < -0.39 is 11.6 Å². The molecule has 3 rings (SSSR count). The van der Waals surface area contributed by atoms with Gasteiger partial charge in [0.1, 0.15) is 17.5 Å². The average Bonchev–Trinajstić information content (AvgIpc) is 2.48. The molecular formula is C16H13F2N3. The predicted octanol–water partition coefficient (Wildman–Crippen LogP) is 3.72. The Hall–Kier alpha value is -2.56. The number of halogens is 2. The van der Waals surface area contributed by atoms with Crippen molar-refractivity contribution < 1.29 is 8.78 Å². The van der Waals surface area contributed by atoms with Gasteiger partial charge in [-0.2, -0.15) is 0 Å². The summed E-state index contributed by atoms with van der Waals surface area (Å²) < 4.78 is 27.5. The summed E-state index contributed by atoms with van der Waals surface area (Å²) in [7, 11) is 0. The molecule has 3 nitrogen and oxygen atoms in total. The van der Waals surface area contributed by atoms with Crippen LogP contribution in [0.5, 0.6) is 0 Å². The summed E-state index contributed by atoms with van der Waals surface area (Å²) in [6.07, 6.45) is 1.81. The molecule has 1 aromatic carbocycles. The molecule has 0 bridgehead atoms. The second-order valence-electron chi connectivity index (χ2n) is 4.74. The van der Waals surface area contributed by atoms with Gasteiger partial charge >= 0.3 is 0 Å². The average molecular weight is 285 g/mol. The Labute approximate surface area is 120 Å². The number of aromatic nitrogens is 2. The minimum Gasteiger partial charge on any atom is -0.383 e. The summed E-state index contributed by atoms with van der Waals surface area (Å²) in [4.78, 5) is 8.25. The van der Waals surface area contributed by atoms with Gasteiger partial charge in [0, 0.05) is 22.2 Å². The van der Waals surface area contributed by atoms with E-state index in [1.165, 1.54) is 18.2 Å². The van der Waals surface area contributed by atoms with E-state index in [0.29, 0.717) is 16.5 Å². The number of nitrogens with two attached hydrogens (primary N) is 1. The zero-order chi connectivity index (χ0) is 15.0. The number of benzene rings is 1. The predicted molar refractivity (Wildman–Crippen MR) is 78.7 cm³/mol. The Morgan fingerprint density at radius 2 is 1.95 bits per heavy atom. The van der Waals surface area contributed by atoms with Crippen molar-refractivity contribution in [3.8, 4) is 11.1 Å². The Kier molecular flexibility index (Phi) is 3.25. The number of hydrogen-bond acceptors (Lipinski definition) is 3. The first-order chi connectivity index (χ1) is 10.1. The summed E-state index contributed by atoms with van der Waals surface area (Å²) in [5, 5.41) is 0.519. The third-order valence-corrected chi connectivity index (χ3v) is 3.38. The van der Waals surface area contributed by atoms with Crippen molar-refractivity contribution in [3.63, 3.8) is 0 Å². The van der Waals surface area contributed by atoms with Crippen molar-refractivity contribution in [2.45, 2.75) is 13.3 Å². The first-order valence-corrected chi connectivity index (χ1v) is 6.59. The highest BCUT2D eigenvalue weighted by atomic mass is 19.1. The molecule has 0 spiro atoms. The van der Waals surface area contributed by atoms with Crippen LogP contribution in [0.4, 0.5) is 14.6 Å². The van der Waals surface area contributed by atoms with Crippen molar-refractivity contribution in [2.75, 3.05) is 5.73 Å². The molecule has 2 N–H and O–H groups in total. The van der Waals surface area contributed by atoms with Crippen LogP contribution in [-0.4, -0.2) is 9.97 Å². The van der Waals surface area contributed by atoms with Gasteiger partial charge in [-0.25, -0.2) is 13.8 Å². The fourth-order valence-corrected chi connectivity index (χ4v) is 2.33. The Morgan fingerprint density at radius 1 is 1.14 bits per heavy atom. The number of aryl methyl sites for hydroxylation is 1. The van der Waals surface area contributed by atoms with Crippen molar-refractivity contribution in [3.05, 3.63) is 53.9 Å². The van der Waals surface area contributed by atoms with Crippen LogP contribution in [0.15, 0.2) is 36.5 Å². The van der Waals surface area contributed by atoms with E-state index in [4.69, 9.17) is 5.73 Å². The second kappa shape index (κ2) is 5.09. The van der Waals surface area contributed by atoms with Crippen LogP contribution >= 0.6 is 0 Å². The number of nitrogens with zero attached hydrogens (tertiary/aromatic N) is 2. The molecule has 0 amide bonds. The SMILES string of the molecule is CCc1ccc(-c2c(F)ccc3cc(F)cnc23)c(N)n1. The molecule has 0 atom stereocenters. The van der Waals surface area contributed by atoms with Crippen LogP contribution in [0.3, 0.4) is 0 Å². The highest BCUT2D eigenvalue weighted by Crippen LogP contribution is 2.33. The van der Waals surface area contributed by atoms with Crippen LogP contribution in [0.25, 0.3) is 22.0 Å². The Bertz CT molecular complexity index is 831. The van der Waals surface area contributed by atoms with E-state index in [1.54, 1.807) is 12.1 Å².